The van der Waals surface area contributed by atoms with Crippen molar-refractivity contribution in [1.29, 1.82) is 0 Å². The first-order chi connectivity index (χ1) is 6.22. The Morgan fingerprint density at radius 2 is 1.15 bits per heavy atom. The molecule has 0 saturated heterocycles. The van der Waals surface area contributed by atoms with Crippen molar-refractivity contribution in [3.8, 4) is 0 Å². The van der Waals surface area contributed by atoms with Crippen LogP contribution in [0.5, 0.6) is 0 Å². The molecular formula is C13H26. The van der Waals surface area contributed by atoms with Crippen LogP contribution in [0.15, 0.2) is 0 Å². The second-order valence-electron chi connectivity index (χ2n) is 5.22. The van der Waals surface area contributed by atoms with Gasteiger partial charge in [0.15, 0.2) is 0 Å². The quantitative estimate of drug-likeness (QED) is 0.554. The zero-order chi connectivity index (χ0) is 9.68. The minimum absolute atomic E-state index is 0.981. The summed E-state index contributed by atoms with van der Waals surface area (Å²) in [6, 6.07) is 0. The molecule has 0 heteroatoms. The summed E-state index contributed by atoms with van der Waals surface area (Å²) < 4.78 is 0. The molecule has 1 saturated carbocycles. The lowest BCUT2D eigenvalue weighted by atomic mass is 9.91. The van der Waals surface area contributed by atoms with Gasteiger partial charge in [-0.25, -0.2) is 0 Å². The van der Waals surface area contributed by atoms with Gasteiger partial charge in [-0.2, -0.15) is 0 Å². The van der Waals surface area contributed by atoms with Gasteiger partial charge >= 0.3 is 0 Å². The molecule has 0 aromatic heterocycles. The molecule has 0 heterocycles. The zero-order valence-electron chi connectivity index (χ0n) is 9.68. The molecule has 2 atom stereocenters. The van der Waals surface area contributed by atoms with Crippen molar-refractivity contribution < 1.29 is 0 Å². The van der Waals surface area contributed by atoms with Crippen LogP contribution in [0, 0.1) is 17.8 Å². The van der Waals surface area contributed by atoms with Crippen molar-refractivity contribution in [1.82, 2.24) is 0 Å². The fourth-order valence-corrected chi connectivity index (χ4v) is 2.45. The van der Waals surface area contributed by atoms with Gasteiger partial charge in [-0.1, -0.05) is 65.7 Å². The molecule has 0 aromatic carbocycles. The summed E-state index contributed by atoms with van der Waals surface area (Å²) in [7, 11) is 0. The van der Waals surface area contributed by atoms with Crippen molar-refractivity contribution in [3.05, 3.63) is 0 Å². The minimum atomic E-state index is 0.981. The summed E-state index contributed by atoms with van der Waals surface area (Å²) in [6.45, 7) is 7.23. The third kappa shape index (κ3) is 4.15. The van der Waals surface area contributed by atoms with Crippen molar-refractivity contribution in [2.24, 2.45) is 17.8 Å². The Morgan fingerprint density at radius 3 is 1.54 bits per heavy atom. The van der Waals surface area contributed by atoms with Crippen LogP contribution in [0.3, 0.4) is 0 Å². The molecule has 13 heavy (non-hydrogen) atoms. The molecule has 0 bridgehead atoms. The average Bonchev–Trinajstić information content (AvgIpc) is 2.20. The van der Waals surface area contributed by atoms with Gasteiger partial charge in [-0.3, -0.25) is 0 Å². The molecule has 1 fully saturated rings. The lowest BCUT2D eigenvalue weighted by Crippen LogP contribution is -2.01. The van der Waals surface area contributed by atoms with Gasteiger partial charge in [0.05, 0.1) is 0 Å². The molecule has 0 nitrogen and oxygen atoms in total. The summed E-state index contributed by atoms with van der Waals surface area (Å²) in [6.07, 6.45) is 10.3. The molecule has 0 aromatic rings. The van der Waals surface area contributed by atoms with Crippen LogP contribution < -0.4 is 0 Å². The highest BCUT2D eigenvalue weighted by Crippen LogP contribution is 2.29. The molecule has 0 N–H and O–H groups in total. The topological polar surface area (TPSA) is 0 Å². The fraction of sp³-hybridized carbons (Fsp3) is 1.00. The standard InChI is InChI=1S/C13H26/c1-4-13-9-7-11(2)5-6-12(3)8-10-13/h11-13H,4-10H2,1-3H3. The molecule has 1 rings (SSSR count). The van der Waals surface area contributed by atoms with E-state index in [1.165, 1.54) is 44.9 Å². The fourth-order valence-electron chi connectivity index (χ4n) is 2.45. The Bertz CT molecular complexity index is 114. The maximum Gasteiger partial charge on any atom is -0.0417 e. The maximum absolute atomic E-state index is 2.44. The predicted octanol–water partition coefficient (Wildman–Crippen LogP) is 4.64. The SMILES string of the molecule is CCC1CCC(C)CCC(C)CC1. The third-order valence-corrected chi connectivity index (χ3v) is 3.87. The first-order valence-electron chi connectivity index (χ1n) is 6.22. The average molecular weight is 182 g/mol. The lowest BCUT2D eigenvalue weighted by Gasteiger charge is -2.15. The van der Waals surface area contributed by atoms with Gasteiger partial charge in [0.1, 0.15) is 0 Å². The number of hydrogen-bond acceptors (Lipinski definition) is 0. The van der Waals surface area contributed by atoms with Crippen LogP contribution in [-0.2, 0) is 0 Å². The summed E-state index contributed by atoms with van der Waals surface area (Å²) in [4.78, 5) is 0. The van der Waals surface area contributed by atoms with Crippen LogP contribution in [-0.4, -0.2) is 0 Å². The summed E-state index contributed by atoms with van der Waals surface area (Å²) in [5.74, 6) is 2.99. The first kappa shape index (κ1) is 11.1. The van der Waals surface area contributed by atoms with Gasteiger partial charge in [-0.15, -0.1) is 0 Å². The molecule has 0 amide bonds. The Morgan fingerprint density at radius 1 is 0.769 bits per heavy atom. The van der Waals surface area contributed by atoms with E-state index in [9.17, 15) is 0 Å². The van der Waals surface area contributed by atoms with Gasteiger partial charge in [-0.05, 0) is 17.8 Å². The highest BCUT2D eigenvalue weighted by molar-refractivity contribution is 4.67. The van der Waals surface area contributed by atoms with E-state index in [0.717, 1.165) is 17.8 Å². The monoisotopic (exact) mass is 182 g/mol. The van der Waals surface area contributed by atoms with Crippen LogP contribution in [0.2, 0.25) is 0 Å². The highest BCUT2D eigenvalue weighted by Gasteiger charge is 2.15. The van der Waals surface area contributed by atoms with Gasteiger partial charge < -0.3 is 0 Å². The normalized spacial score (nSPS) is 37.6. The Hall–Kier alpha value is 0. The van der Waals surface area contributed by atoms with E-state index in [-0.39, 0.29) is 0 Å². The van der Waals surface area contributed by atoms with Crippen molar-refractivity contribution >= 4 is 0 Å². The second-order valence-corrected chi connectivity index (χ2v) is 5.22. The van der Waals surface area contributed by atoms with Gasteiger partial charge in [0.25, 0.3) is 0 Å². The maximum atomic E-state index is 2.44. The molecule has 2 unspecified atom stereocenters. The molecule has 78 valence electrons. The number of hydrogen-bond donors (Lipinski definition) is 0. The third-order valence-electron chi connectivity index (χ3n) is 3.87. The molecule has 1 aliphatic carbocycles. The Balaban J connectivity index is 2.39. The Labute approximate surface area is 84.1 Å². The van der Waals surface area contributed by atoms with Crippen LogP contribution in [0.1, 0.15) is 65.7 Å². The summed E-state index contributed by atoms with van der Waals surface area (Å²) in [5, 5.41) is 0. The van der Waals surface area contributed by atoms with E-state index in [0.29, 0.717) is 0 Å². The molecule has 1 aliphatic rings. The highest BCUT2D eigenvalue weighted by atomic mass is 14.2. The van der Waals surface area contributed by atoms with E-state index >= 15 is 0 Å². The largest absolute Gasteiger partial charge is 0.0651 e. The molecule has 0 aliphatic heterocycles. The molecule has 0 spiro atoms. The smallest absolute Gasteiger partial charge is 0.0417 e. The predicted molar refractivity (Wildman–Crippen MR) is 59.8 cm³/mol. The minimum Gasteiger partial charge on any atom is -0.0651 e. The van der Waals surface area contributed by atoms with Crippen LogP contribution in [0.25, 0.3) is 0 Å². The first-order valence-corrected chi connectivity index (χ1v) is 6.22. The van der Waals surface area contributed by atoms with Crippen molar-refractivity contribution in [2.75, 3.05) is 0 Å². The van der Waals surface area contributed by atoms with Crippen molar-refractivity contribution in [2.45, 2.75) is 65.7 Å². The summed E-state index contributed by atoms with van der Waals surface area (Å²) in [5.41, 5.74) is 0. The van der Waals surface area contributed by atoms with E-state index < -0.39 is 0 Å². The van der Waals surface area contributed by atoms with Gasteiger partial charge in [0, 0.05) is 0 Å². The van der Waals surface area contributed by atoms with Crippen molar-refractivity contribution in [3.63, 3.8) is 0 Å². The van der Waals surface area contributed by atoms with Gasteiger partial charge in [0.2, 0.25) is 0 Å². The second kappa shape index (κ2) is 5.67. The number of rotatable bonds is 1. The molecule has 0 radical (unpaired) electrons. The van der Waals surface area contributed by atoms with Crippen LogP contribution in [0.4, 0.5) is 0 Å². The van der Waals surface area contributed by atoms with E-state index in [1.54, 1.807) is 0 Å². The van der Waals surface area contributed by atoms with E-state index in [4.69, 9.17) is 0 Å². The zero-order valence-corrected chi connectivity index (χ0v) is 9.68. The molecular weight excluding hydrogens is 156 g/mol. The Kier molecular flexibility index (Phi) is 4.83. The van der Waals surface area contributed by atoms with Crippen LogP contribution >= 0.6 is 0 Å². The summed E-state index contributed by atoms with van der Waals surface area (Å²) >= 11 is 0. The lowest BCUT2D eigenvalue weighted by molar-refractivity contribution is 0.378. The van der Waals surface area contributed by atoms with E-state index in [1.807, 2.05) is 0 Å². The van der Waals surface area contributed by atoms with E-state index in [2.05, 4.69) is 20.8 Å².